The van der Waals surface area contributed by atoms with Gasteiger partial charge in [0.15, 0.2) is 0 Å². The zero-order chi connectivity index (χ0) is 28.0. The summed E-state index contributed by atoms with van der Waals surface area (Å²) >= 11 is 1.44. The Morgan fingerprint density at radius 2 is 1.68 bits per heavy atom. The van der Waals surface area contributed by atoms with Gasteiger partial charge in [0.25, 0.3) is 0 Å². The van der Waals surface area contributed by atoms with Crippen molar-refractivity contribution >= 4 is 46.3 Å². The molecule has 1 atom stereocenters. The van der Waals surface area contributed by atoms with Crippen molar-refractivity contribution in [1.29, 1.82) is 0 Å². The van der Waals surface area contributed by atoms with E-state index in [1.165, 1.54) is 11.8 Å². The number of benzene rings is 2. The number of thioether (sulfide) groups is 1. The number of aromatic nitrogens is 2. The van der Waals surface area contributed by atoms with Gasteiger partial charge in [-0.3, -0.25) is 19.6 Å². The Labute approximate surface area is 237 Å². The van der Waals surface area contributed by atoms with Crippen LogP contribution in [0.2, 0.25) is 0 Å². The molecule has 10 heteroatoms. The molecule has 2 aromatic heterocycles. The second-order valence-electron chi connectivity index (χ2n) is 8.95. The van der Waals surface area contributed by atoms with E-state index in [1.54, 1.807) is 24.7 Å². The number of nitrogens with one attached hydrogen (secondary N) is 3. The number of pyridine rings is 2. The minimum absolute atomic E-state index is 0.0674. The first-order valence-electron chi connectivity index (χ1n) is 13.0. The van der Waals surface area contributed by atoms with Gasteiger partial charge in [0, 0.05) is 35.4 Å². The third-order valence-corrected chi connectivity index (χ3v) is 6.99. The third kappa shape index (κ3) is 9.09. The van der Waals surface area contributed by atoms with E-state index in [0.717, 1.165) is 15.8 Å². The zero-order valence-electron chi connectivity index (χ0n) is 21.9. The van der Waals surface area contributed by atoms with Crippen molar-refractivity contribution in [3.8, 4) is 0 Å². The summed E-state index contributed by atoms with van der Waals surface area (Å²) < 4.78 is 5.35. The van der Waals surface area contributed by atoms with Crippen LogP contribution in [0.5, 0.6) is 0 Å². The zero-order valence-corrected chi connectivity index (χ0v) is 22.7. The van der Waals surface area contributed by atoms with E-state index in [-0.39, 0.29) is 18.4 Å². The van der Waals surface area contributed by atoms with Gasteiger partial charge >= 0.3 is 6.09 Å². The highest BCUT2D eigenvalue weighted by molar-refractivity contribution is 8.00. The highest BCUT2D eigenvalue weighted by atomic mass is 32.2. The first-order chi connectivity index (χ1) is 19.6. The largest absolute Gasteiger partial charge is 0.445 e. The van der Waals surface area contributed by atoms with Crippen molar-refractivity contribution in [3.63, 3.8) is 0 Å². The summed E-state index contributed by atoms with van der Waals surface area (Å²) in [5, 5.41) is 9.40. The quantitative estimate of drug-likeness (QED) is 0.157. The fraction of sp³-hybridized carbons (Fsp3) is 0.233. The fourth-order valence-electron chi connectivity index (χ4n) is 3.94. The van der Waals surface area contributed by atoms with Gasteiger partial charge in [-0.25, -0.2) is 4.79 Å². The molecule has 2 aromatic carbocycles. The van der Waals surface area contributed by atoms with Crippen LogP contribution in [0.25, 0.3) is 10.9 Å². The van der Waals surface area contributed by atoms with Crippen LogP contribution in [-0.4, -0.2) is 46.2 Å². The van der Waals surface area contributed by atoms with Crippen LogP contribution in [0.3, 0.4) is 0 Å². The topological polar surface area (TPSA) is 122 Å². The van der Waals surface area contributed by atoms with Crippen molar-refractivity contribution in [1.82, 2.24) is 20.6 Å². The summed E-state index contributed by atoms with van der Waals surface area (Å²) in [4.78, 5) is 47.3. The number of amides is 3. The molecule has 0 saturated carbocycles. The Morgan fingerprint density at radius 3 is 2.50 bits per heavy atom. The standard InChI is InChI=1S/C30H31N5O4S/c36-27(21-40-24-14-18-31-19-15-24)32-16-5-4-12-26(35-30(38)39-20-22-8-2-1-3-9-22)29(37)34-25-13-6-10-23-11-7-17-33-28(23)25/h1-3,6-11,13-15,17-19,26H,4-5,12,16,20-21H2,(H,32,36)(H,34,37)(H,35,38)/t26-/m0/s1. The number of alkyl carbamates (subject to hydrolysis) is 1. The number of carbonyl (C=O) groups is 3. The van der Waals surface area contributed by atoms with Gasteiger partial charge in [0.1, 0.15) is 12.6 Å². The Hall–Kier alpha value is -4.44. The number of unbranched alkanes of at least 4 members (excludes halogenated alkanes) is 1. The van der Waals surface area contributed by atoms with Crippen LogP contribution >= 0.6 is 11.8 Å². The van der Waals surface area contributed by atoms with Crippen LogP contribution in [-0.2, 0) is 20.9 Å². The van der Waals surface area contributed by atoms with Crippen molar-refractivity contribution in [2.45, 2.75) is 36.8 Å². The maximum Gasteiger partial charge on any atom is 0.408 e. The smallest absolute Gasteiger partial charge is 0.408 e. The SMILES string of the molecule is O=C(CSc1ccncc1)NCCCC[C@H](NC(=O)OCc1ccccc1)C(=O)Nc1cccc2cccnc12. The average molecular weight is 558 g/mol. The molecule has 0 radical (unpaired) electrons. The minimum atomic E-state index is -0.833. The van der Waals surface area contributed by atoms with Crippen molar-refractivity contribution in [2.75, 3.05) is 17.6 Å². The number of ether oxygens (including phenoxy) is 1. The fourth-order valence-corrected chi connectivity index (χ4v) is 4.65. The maximum atomic E-state index is 13.3. The number of hydrogen-bond acceptors (Lipinski definition) is 7. The van der Waals surface area contributed by atoms with Gasteiger partial charge in [0.2, 0.25) is 11.8 Å². The van der Waals surface area contributed by atoms with Gasteiger partial charge in [0.05, 0.1) is 17.0 Å². The molecular formula is C30H31N5O4S. The molecule has 0 saturated heterocycles. The molecule has 3 amide bonds. The Bertz CT molecular complexity index is 1400. The molecule has 0 aliphatic carbocycles. The number of para-hydroxylation sites is 1. The van der Waals surface area contributed by atoms with E-state index in [0.29, 0.717) is 42.8 Å². The predicted molar refractivity (Wildman–Crippen MR) is 156 cm³/mol. The van der Waals surface area contributed by atoms with Crippen molar-refractivity contribution in [3.05, 3.63) is 97.0 Å². The third-order valence-electron chi connectivity index (χ3n) is 5.97. The summed E-state index contributed by atoms with van der Waals surface area (Å²) in [6.45, 7) is 0.563. The molecule has 2 heterocycles. The van der Waals surface area contributed by atoms with Crippen LogP contribution in [0.4, 0.5) is 10.5 Å². The summed E-state index contributed by atoms with van der Waals surface area (Å²) in [6, 6.07) is 21.5. The van der Waals surface area contributed by atoms with E-state index in [9.17, 15) is 14.4 Å². The normalized spacial score (nSPS) is 11.4. The Balaban J connectivity index is 1.29. The lowest BCUT2D eigenvalue weighted by atomic mass is 10.1. The lowest BCUT2D eigenvalue weighted by Crippen LogP contribution is -2.44. The molecule has 0 bridgehead atoms. The second-order valence-corrected chi connectivity index (χ2v) is 9.99. The molecule has 40 heavy (non-hydrogen) atoms. The molecule has 0 spiro atoms. The van der Waals surface area contributed by atoms with Gasteiger partial charge in [-0.2, -0.15) is 0 Å². The van der Waals surface area contributed by atoms with Crippen molar-refractivity contribution in [2.24, 2.45) is 0 Å². The summed E-state index contributed by atoms with van der Waals surface area (Å²) in [5.74, 6) is -0.127. The number of hydrogen-bond donors (Lipinski definition) is 3. The Morgan fingerprint density at radius 1 is 0.875 bits per heavy atom. The molecule has 0 aliphatic heterocycles. The molecule has 206 valence electrons. The van der Waals surface area contributed by atoms with Gasteiger partial charge in [-0.15, -0.1) is 11.8 Å². The van der Waals surface area contributed by atoms with Crippen LogP contribution in [0, 0.1) is 0 Å². The summed E-state index contributed by atoms with van der Waals surface area (Å²) in [6.07, 6.45) is 5.98. The molecule has 4 aromatic rings. The first-order valence-corrected chi connectivity index (χ1v) is 14.0. The number of nitrogens with zero attached hydrogens (tertiary/aromatic N) is 2. The first kappa shape index (κ1) is 28.6. The Kier molecular flexibility index (Phi) is 10.9. The number of carbonyl (C=O) groups excluding carboxylic acids is 3. The monoisotopic (exact) mass is 557 g/mol. The van der Waals surface area contributed by atoms with E-state index in [4.69, 9.17) is 4.74 Å². The number of fused-ring (bicyclic) bond motifs is 1. The molecule has 9 nitrogen and oxygen atoms in total. The van der Waals surface area contributed by atoms with Gasteiger partial charge in [-0.05, 0) is 49.1 Å². The highest BCUT2D eigenvalue weighted by Gasteiger charge is 2.22. The van der Waals surface area contributed by atoms with Gasteiger partial charge < -0.3 is 20.7 Å². The van der Waals surface area contributed by atoms with Gasteiger partial charge in [-0.1, -0.05) is 48.5 Å². The second kappa shape index (κ2) is 15.2. The summed E-state index contributed by atoms with van der Waals surface area (Å²) in [5.41, 5.74) is 2.07. The van der Waals surface area contributed by atoms with E-state index < -0.39 is 12.1 Å². The predicted octanol–water partition coefficient (Wildman–Crippen LogP) is 4.94. The molecule has 3 N–H and O–H groups in total. The van der Waals surface area contributed by atoms with Crippen LogP contribution in [0.1, 0.15) is 24.8 Å². The van der Waals surface area contributed by atoms with Crippen molar-refractivity contribution < 1.29 is 19.1 Å². The lowest BCUT2D eigenvalue weighted by molar-refractivity contribution is -0.119. The summed E-state index contributed by atoms with van der Waals surface area (Å²) in [7, 11) is 0. The lowest BCUT2D eigenvalue weighted by Gasteiger charge is -2.19. The molecular weight excluding hydrogens is 526 g/mol. The van der Waals surface area contributed by atoms with Crippen LogP contribution < -0.4 is 16.0 Å². The van der Waals surface area contributed by atoms with Crippen LogP contribution in [0.15, 0.2) is 96.3 Å². The number of anilines is 1. The number of rotatable bonds is 13. The van der Waals surface area contributed by atoms with E-state index >= 15 is 0 Å². The molecule has 0 fully saturated rings. The molecule has 0 aliphatic rings. The average Bonchev–Trinajstić information content (AvgIpc) is 2.99. The minimum Gasteiger partial charge on any atom is -0.445 e. The molecule has 0 unspecified atom stereocenters. The molecule has 4 rings (SSSR count). The highest BCUT2D eigenvalue weighted by Crippen LogP contribution is 2.21. The van der Waals surface area contributed by atoms with E-state index in [1.807, 2.05) is 66.7 Å². The maximum absolute atomic E-state index is 13.3. The van der Waals surface area contributed by atoms with E-state index in [2.05, 4.69) is 25.9 Å².